The molecule has 0 unspecified atom stereocenters. The Balaban J connectivity index is 1.60. The van der Waals surface area contributed by atoms with Gasteiger partial charge in [-0.15, -0.1) is 0 Å². The Kier molecular flexibility index (Phi) is 5.84. The van der Waals surface area contributed by atoms with Crippen molar-refractivity contribution >= 4 is 10.9 Å². The zero-order valence-corrected chi connectivity index (χ0v) is 18.8. The second-order valence-corrected chi connectivity index (χ2v) is 10.0. The minimum Gasteiger partial charge on any atom is -0.322 e. The average molecular weight is 403 g/mol. The first-order chi connectivity index (χ1) is 14.3. The number of benzene rings is 2. The number of aromatic nitrogens is 1. The van der Waals surface area contributed by atoms with Crippen molar-refractivity contribution in [3.05, 3.63) is 81.1 Å². The molecule has 3 aromatic rings. The third-order valence-corrected chi connectivity index (χ3v) is 6.50. The number of nitrogens with zero attached hydrogens (tertiary/aromatic N) is 1. The van der Waals surface area contributed by atoms with E-state index in [0.29, 0.717) is 12.6 Å². The first-order valence-electron chi connectivity index (χ1n) is 11.3. The minimum atomic E-state index is 0.0409. The molecule has 158 valence electrons. The largest absolute Gasteiger partial charge is 0.322 e. The van der Waals surface area contributed by atoms with E-state index < -0.39 is 0 Å². The number of pyridine rings is 1. The van der Waals surface area contributed by atoms with E-state index in [1.54, 1.807) is 0 Å². The van der Waals surface area contributed by atoms with E-state index in [4.69, 9.17) is 0 Å². The molecule has 1 saturated carbocycles. The Labute approximate surface area is 180 Å². The normalized spacial score (nSPS) is 15.4. The number of aromatic amines is 1. The number of rotatable bonds is 5. The number of hydrogen-bond acceptors (Lipinski definition) is 2. The van der Waals surface area contributed by atoms with Gasteiger partial charge in [-0.05, 0) is 59.4 Å². The molecule has 1 aliphatic carbocycles. The lowest BCUT2D eigenvalue weighted by molar-refractivity contribution is 0.180. The van der Waals surface area contributed by atoms with Crippen LogP contribution in [0.5, 0.6) is 0 Å². The molecular formula is C27H34N2O. The van der Waals surface area contributed by atoms with E-state index in [-0.39, 0.29) is 11.0 Å². The number of nitrogens with one attached hydrogen (secondary N) is 1. The van der Waals surface area contributed by atoms with Crippen LogP contribution in [0.4, 0.5) is 0 Å². The summed E-state index contributed by atoms with van der Waals surface area (Å²) < 4.78 is 0. The number of hydrogen-bond donors (Lipinski definition) is 1. The molecule has 1 aromatic heterocycles. The second-order valence-electron chi connectivity index (χ2n) is 10.0. The fourth-order valence-electron chi connectivity index (χ4n) is 4.62. The van der Waals surface area contributed by atoms with Crippen molar-refractivity contribution in [1.82, 2.24) is 9.88 Å². The van der Waals surface area contributed by atoms with Crippen LogP contribution in [0.25, 0.3) is 10.9 Å². The SMILES string of the molecule is Cc1ccc2cc(CN(Cc3ccc(C(C)(C)C)cc3)C3CCCC3)c(=O)[nH]c2c1. The average Bonchev–Trinajstić information content (AvgIpc) is 3.22. The summed E-state index contributed by atoms with van der Waals surface area (Å²) in [5, 5.41) is 1.11. The highest BCUT2D eigenvalue weighted by atomic mass is 16.1. The van der Waals surface area contributed by atoms with Gasteiger partial charge in [0.05, 0.1) is 0 Å². The number of aryl methyl sites for hydroxylation is 1. The highest BCUT2D eigenvalue weighted by Gasteiger charge is 2.24. The Morgan fingerprint density at radius 2 is 1.67 bits per heavy atom. The quantitative estimate of drug-likeness (QED) is 0.561. The van der Waals surface area contributed by atoms with Crippen molar-refractivity contribution in [2.75, 3.05) is 0 Å². The lowest BCUT2D eigenvalue weighted by atomic mass is 9.86. The van der Waals surface area contributed by atoms with Crippen LogP contribution in [0.15, 0.2) is 53.3 Å². The fraction of sp³-hybridized carbons (Fsp3) is 0.444. The van der Waals surface area contributed by atoms with E-state index >= 15 is 0 Å². The van der Waals surface area contributed by atoms with Gasteiger partial charge in [-0.2, -0.15) is 0 Å². The van der Waals surface area contributed by atoms with Crippen LogP contribution >= 0.6 is 0 Å². The van der Waals surface area contributed by atoms with Crippen molar-refractivity contribution in [2.24, 2.45) is 0 Å². The molecule has 0 amide bonds. The van der Waals surface area contributed by atoms with Crippen molar-refractivity contribution in [2.45, 2.75) is 77.9 Å². The van der Waals surface area contributed by atoms with Gasteiger partial charge in [0.2, 0.25) is 0 Å². The molecule has 0 spiro atoms. The van der Waals surface area contributed by atoms with E-state index in [0.717, 1.165) is 28.6 Å². The molecule has 0 saturated heterocycles. The molecule has 4 rings (SSSR count). The lowest BCUT2D eigenvalue weighted by Gasteiger charge is -2.29. The van der Waals surface area contributed by atoms with E-state index in [9.17, 15) is 4.79 Å². The zero-order chi connectivity index (χ0) is 21.3. The van der Waals surface area contributed by atoms with Crippen LogP contribution in [0.3, 0.4) is 0 Å². The maximum Gasteiger partial charge on any atom is 0.252 e. The van der Waals surface area contributed by atoms with Crippen LogP contribution in [0, 0.1) is 6.92 Å². The van der Waals surface area contributed by atoms with E-state index in [1.165, 1.54) is 36.8 Å². The Morgan fingerprint density at radius 3 is 2.33 bits per heavy atom. The Bertz CT molecular complexity index is 1070. The monoisotopic (exact) mass is 402 g/mol. The highest BCUT2D eigenvalue weighted by Crippen LogP contribution is 2.28. The maximum atomic E-state index is 12.8. The van der Waals surface area contributed by atoms with Crippen LogP contribution in [0.2, 0.25) is 0 Å². The maximum absolute atomic E-state index is 12.8. The van der Waals surface area contributed by atoms with Crippen molar-refractivity contribution < 1.29 is 0 Å². The molecule has 1 aliphatic rings. The molecule has 3 heteroatoms. The van der Waals surface area contributed by atoms with Gasteiger partial charge in [-0.1, -0.05) is 70.0 Å². The smallest absolute Gasteiger partial charge is 0.252 e. The van der Waals surface area contributed by atoms with Crippen LogP contribution in [-0.2, 0) is 18.5 Å². The standard InChI is InChI=1S/C27H34N2O/c1-19-9-12-21-16-22(26(30)28-25(21)15-19)18-29(24-7-5-6-8-24)17-20-10-13-23(14-11-20)27(2,3)4/h9-16,24H,5-8,17-18H2,1-4H3,(H,28,30). The van der Waals surface area contributed by atoms with E-state index in [2.05, 4.69) is 80.0 Å². The molecule has 3 nitrogen and oxygen atoms in total. The summed E-state index contributed by atoms with van der Waals surface area (Å²) in [6, 6.07) is 17.9. The Morgan fingerprint density at radius 1 is 0.967 bits per heavy atom. The third-order valence-electron chi connectivity index (χ3n) is 6.50. The van der Waals surface area contributed by atoms with Gasteiger partial charge < -0.3 is 4.98 Å². The molecule has 2 aromatic carbocycles. The molecular weight excluding hydrogens is 368 g/mol. The Hall–Kier alpha value is -2.39. The summed E-state index contributed by atoms with van der Waals surface area (Å²) in [6.45, 7) is 10.4. The van der Waals surface area contributed by atoms with Gasteiger partial charge in [0.1, 0.15) is 0 Å². The van der Waals surface area contributed by atoms with Crippen molar-refractivity contribution in [3.63, 3.8) is 0 Å². The molecule has 1 N–H and O–H groups in total. The third kappa shape index (κ3) is 4.67. The van der Waals surface area contributed by atoms with Gasteiger partial charge >= 0.3 is 0 Å². The van der Waals surface area contributed by atoms with E-state index in [1.807, 2.05) is 6.07 Å². The van der Waals surface area contributed by atoms with Crippen molar-refractivity contribution in [3.8, 4) is 0 Å². The summed E-state index contributed by atoms with van der Waals surface area (Å²) in [6.07, 6.45) is 5.03. The summed E-state index contributed by atoms with van der Waals surface area (Å²) >= 11 is 0. The van der Waals surface area contributed by atoms with Gasteiger partial charge in [0.15, 0.2) is 0 Å². The summed E-state index contributed by atoms with van der Waals surface area (Å²) in [7, 11) is 0. The van der Waals surface area contributed by atoms with Gasteiger partial charge in [0.25, 0.3) is 5.56 Å². The molecule has 30 heavy (non-hydrogen) atoms. The highest BCUT2D eigenvalue weighted by molar-refractivity contribution is 5.79. The number of H-pyrrole nitrogens is 1. The first-order valence-corrected chi connectivity index (χ1v) is 11.3. The van der Waals surface area contributed by atoms with Gasteiger partial charge in [0, 0.05) is 30.2 Å². The first kappa shape index (κ1) is 20.9. The fourth-order valence-corrected chi connectivity index (χ4v) is 4.62. The predicted molar refractivity (Wildman–Crippen MR) is 126 cm³/mol. The second kappa shape index (κ2) is 8.39. The molecule has 0 aliphatic heterocycles. The zero-order valence-electron chi connectivity index (χ0n) is 18.8. The molecule has 0 atom stereocenters. The van der Waals surface area contributed by atoms with Crippen LogP contribution in [-0.4, -0.2) is 15.9 Å². The number of fused-ring (bicyclic) bond motifs is 1. The minimum absolute atomic E-state index is 0.0409. The molecule has 0 bridgehead atoms. The van der Waals surface area contributed by atoms with Gasteiger partial charge in [-0.25, -0.2) is 0 Å². The van der Waals surface area contributed by atoms with Crippen LogP contribution in [0.1, 0.15) is 68.7 Å². The van der Waals surface area contributed by atoms with Crippen molar-refractivity contribution in [1.29, 1.82) is 0 Å². The van der Waals surface area contributed by atoms with Crippen LogP contribution < -0.4 is 5.56 Å². The molecule has 0 radical (unpaired) electrons. The summed E-state index contributed by atoms with van der Waals surface area (Å²) in [5.74, 6) is 0. The topological polar surface area (TPSA) is 36.1 Å². The predicted octanol–water partition coefficient (Wildman–Crippen LogP) is 6.08. The molecule has 1 heterocycles. The molecule has 1 fully saturated rings. The lowest BCUT2D eigenvalue weighted by Crippen LogP contribution is -2.34. The summed E-state index contributed by atoms with van der Waals surface area (Å²) in [5.41, 5.74) is 5.85. The van der Waals surface area contributed by atoms with Gasteiger partial charge in [-0.3, -0.25) is 9.69 Å². The summed E-state index contributed by atoms with van der Waals surface area (Å²) in [4.78, 5) is 18.4.